The smallest absolute Gasteiger partial charge is 0.410 e. The Morgan fingerprint density at radius 2 is 1.85 bits per heavy atom. The molecule has 0 spiro atoms. The number of halogens is 2. The van der Waals surface area contributed by atoms with Crippen molar-refractivity contribution >= 4 is 6.09 Å². The van der Waals surface area contributed by atoms with Gasteiger partial charge in [-0.3, -0.25) is 0 Å². The van der Waals surface area contributed by atoms with Gasteiger partial charge in [0.15, 0.2) is 0 Å². The van der Waals surface area contributed by atoms with E-state index in [0.717, 1.165) is 5.56 Å². The van der Waals surface area contributed by atoms with E-state index < -0.39 is 29.6 Å². The number of hydrogen-bond donors (Lipinski definition) is 0. The molecule has 0 aromatic heterocycles. The lowest BCUT2D eigenvalue weighted by atomic mass is 9.93. The van der Waals surface area contributed by atoms with Crippen LogP contribution in [0, 0.1) is 5.92 Å². The molecule has 1 aliphatic rings. The molecule has 1 aliphatic heterocycles. The molecule has 1 aromatic rings. The summed E-state index contributed by atoms with van der Waals surface area (Å²) in [5, 5.41) is 0. The highest BCUT2D eigenvalue weighted by molar-refractivity contribution is 5.68. The summed E-state index contributed by atoms with van der Waals surface area (Å²) in [6.07, 6.45) is -1.98. The molecule has 27 heavy (non-hydrogen) atoms. The normalized spacial score (nSPS) is 22.5. The average molecular weight is 385 g/mol. The molecule has 1 fully saturated rings. The first-order chi connectivity index (χ1) is 12.6. The van der Waals surface area contributed by atoms with Crippen molar-refractivity contribution in [2.24, 2.45) is 5.92 Å². The van der Waals surface area contributed by atoms with Gasteiger partial charge in [0.25, 0.3) is 5.92 Å². The third-order valence-electron chi connectivity index (χ3n) is 4.28. The highest BCUT2D eigenvalue weighted by Crippen LogP contribution is 2.35. The Morgan fingerprint density at radius 3 is 2.48 bits per heavy atom. The molecule has 2 atom stereocenters. The summed E-state index contributed by atoms with van der Waals surface area (Å²) >= 11 is 0. The summed E-state index contributed by atoms with van der Waals surface area (Å²) in [6.45, 7) is 6.99. The standard InChI is InChI=1S/C20H29F2NO4/c1-15-12-23(18(24)27-19(2,3)4)13-17(20(15,21)22)26-11-10-25-14-16-8-6-5-7-9-16/h5-9,15,17H,10-14H2,1-4H3/t15-,17+/m1/s1. The number of benzene rings is 1. The van der Waals surface area contributed by atoms with E-state index in [0.29, 0.717) is 6.61 Å². The fourth-order valence-corrected chi connectivity index (χ4v) is 2.82. The molecule has 1 aromatic carbocycles. The van der Waals surface area contributed by atoms with Gasteiger partial charge in [0.1, 0.15) is 11.7 Å². The van der Waals surface area contributed by atoms with Crippen LogP contribution in [0.2, 0.25) is 0 Å². The molecule has 0 N–H and O–H groups in total. The molecule has 152 valence electrons. The molecule has 1 saturated heterocycles. The number of piperidine rings is 1. The van der Waals surface area contributed by atoms with Crippen LogP contribution in [0.3, 0.4) is 0 Å². The minimum Gasteiger partial charge on any atom is -0.444 e. The van der Waals surface area contributed by atoms with Crippen LogP contribution in [0.25, 0.3) is 0 Å². The minimum atomic E-state index is -3.02. The second-order valence-corrected chi connectivity index (χ2v) is 7.86. The first-order valence-corrected chi connectivity index (χ1v) is 9.18. The van der Waals surface area contributed by atoms with E-state index in [9.17, 15) is 13.6 Å². The number of hydrogen-bond acceptors (Lipinski definition) is 4. The summed E-state index contributed by atoms with van der Waals surface area (Å²) in [5.74, 6) is -4.04. The number of amides is 1. The van der Waals surface area contributed by atoms with Crippen molar-refractivity contribution in [3.8, 4) is 0 Å². The number of likely N-dealkylation sites (tertiary alicyclic amines) is 1. The number of alkyl halides is 2. The highest BCUT2D eigenvalue weighted by Gasteiger charge is 2.51. The van der Waals surface area contributed by atoms with E-state index in [2.05, 4.69) is 0 Å². The van der Waals surface area contributed by atoms with Crippen LogP contribution in [0.15, 0.2) is 30.3 Å². The monoisotopic (exact) mass is 385 g/mol. The van der Waals surface area contributed by atoms with Crippen LogP contribution in [0.1, 0.15) is 33.3 Å². The summed E-state index contributed by atoms with van der Waals surface area (Å²) in [4.78, 5) is 13.5. The van der Waals surface area contributed by atoms with Crippen molar-refractivity contribution < 1.29 is 27.8 Å². The number of carbonyl (C=O) groups is 1. The summed E-state index contributed by atoms with van der Waals surface area (Å²) in [7, 11) is 0. The van der Waals surface area contributed by atoms with E-state index in [1.807, 2.05) is 30.3 Å². The largest absolute Gasteiger partial charge is 0.444 e. The molecule has 7 heteroatoms. The van der Waals surface area contributed by atoms with Gasteiger partial charge in [0, 0.05) is 12.5 Å². The molecular weight excluding hydrogens is 356 g/mol. The zero-order valence-electron chi connectivity index (χ0n) is 16.4. The molecule has 1 amide bonds. The first-order valence-electron chi connectivity index (χ1n) is 9.18. The van der Waals surface area contributed by atoms with Crippen molar-refractivity contribution in [2.75, 3.05) is 26.3 Å². The maximum atomic E-state index is 14.5. The molecule has 0 bridgehead atoms. The zero-order valence-corrected chi connectivity index (χ0v) is 16.4. The molecular formula is C20H29F2NO4. The summed E-state index contributed by atoms with van der Waals surface area (Å²) in [6, 6.07) is 9.58. The average Bonchev–Trinajstić information content (AvgIpc) is 2.57. The zero-order chi connectivity index (χ0) is 20.1. The Morgan fingerprint density at radius 1 is 1.19 bits per heavy atom. The van der Waals surface area contributed by atoms with Gasteiger partial charge in [-0.2, -0.15) is 0 Å². The Labute approximate surface area is 159 Å². The molecule has 0 unspecified atom stereocenters. The molecule has 0 saturated carbocycles. The lowest BCUT2D eigenvalue weighted by molar-refractivity contribution is -0.199. The van der Waals surface area contributed by atoms with E-state index >= 15 is 0 Å². The van der Waals surface area contributed by atoms with Crippen molar-refractivity contribution in [1.82, 2.24) is 4.90 Å². The predicted octanol–water partition coefficient (Wildman–Crippen LogP) is 4.11. The van der Waals surface area contributed by atoms with Crippen molar-refractivity contribution in [1.29, 1.82) is 0 Å². The number of carbonyl (C=O) groups excluding carboxylic acids is 1. The lowest BCUT2D eigenvalue weighted by Gasteiger charge is -2.42. The second kappa shape index (κ2) is 8.97. The van der Waals surface area contributed by atoms with Crippen LogP contribution < -0.4 is 0 Å². The molecule has 5 nitrogen and oxygen atoms in total. The Bertz CT molecular complexity index is 604. The van der Waals surface area contributed by atoms with Crippen LogP contribution >= 0.6 is 0 Å². The van der Waals surface area contributed by atoms with E-state index in [4.69, 9.17) is 14.2 Å². The summed E-state index contributed by atoms with van der Waals surface area (Å²) in [5.41, 5.74) is 0.326. The fraction of sp³-hybridized carbons (Fsp3) is 0.650. The number of ether oxygens (including phenoxy) is 3. The third kappa shape index (κ3) is 6.43. The van der Waals surface area contributed by atoms with Gasteiger partial charge in [-0.15, -0.1) is 0 Å². The maximum Gasteiger partial charge on any atom is 0.410 e. The maximum absolute atomic E-state index is 14.5. The van der Waals surface area contributed by atoms with Crippen molar-refractivity contribution in [3.05, 3.63) is 35.9 Å². The Hall–Kier alpha value is -1.73. The quantitative estimate of drug-likeness (QED) is 0.692. The van der Waals surface area contributed by atoms with Gasteiger partial charge in [-0.05, 0) is 26.3 Å². The van der Waals surface area contributed by atoms with Crippen LogP contribution in [0.4, 0.5) is 13.6 Å². The van der Waals surface area contributed by atoms with Crippen LogP contribution in [-0.4, -0.2) is 54.9 Å². The fourth-order valence-electron chi connectivity index (χ4n) is 2.82. The summed E-state index contributed by atoms with van der Waals surface area (Å²) < 4.78 is 45.1. The van der Waals surface area contributed by atoms with Crippen molar-refractivity contribution in [2.45, 2.75) is 51.9 Å². The van der Waals surface area contributed by atoms with Gasteiger partial charge in [0.05, 0.1) is 26.4 Å². The van der Waals surface area contributed by atoms with Gasteiger partial charge < -0.3 is 19.1 Å². The van der Waals surface area contributed by atoms with E-state index in [1.54, 1.807) is 20.8 Å². The van der Waals surface area contributed by atoms with Gasteiger partial charge in [-0.1, -0.05) is 37.3 Å². The third-order valence-corrected chi connectivity index (χ3v) is 4.28. The molecule has 2 rings (SSSR count). The highest BCUT2D eigenvalue weighted by atomic mass is 19.3. The SMILES string of the molecule is C[C@@H]1CN(C(=O)OC(C)(C)C)C[C@H](OCCOCc2ccccc2)C1(F)F. The first kappa shape index (κ1) is 21.6. The molecule has 0 aliphatic carbocycles. The van der Waals surface area contributed by atoms with E-state index in [-0.39, 0.29) is 26.3 Å². The predicted molar refractivity (Wildman–Crippen MR) is 97.8 cm³/mol. The molecule has 0 radical (unpaired) electrons. The van der Waals surface area contributed by atoms with Gasteiger partial charge in [-0.25, -0.2) is 13.6 Å². The van der Waals surface area contributed by atoms with Gasteiger partial charge >= 0.3 is 6.09 Å². The van der Waals surface area contributed by atoms with Crippen molar-refractivity contribution in [3.63, 3.8) is 0 Å². The molecule has 1 heterocycles. The second-order valence-electron chi connectivity index (χ2n) is 7.86. The van der Waals surface area contributed by atoms with Crippen LogP contribution in [-0.2, 0) is 20.8 Å². The topological polar surface area (TPSA) is 48.0 Å². The lowest BCUT2D eigenvalue weighted by Crippen LogP contribution is -2.59. The Balaban J connectivity index is 1.84. The Kier molecular flexibility index (Phi) is 7.17. The number of nitrogens with zero attached hydrogens (tertiary/aromatic N) is 1. The van der Waals surface area contributed by atoms with Crippen LogP contribution in [0.5, 0.6) is 0 Å². The van der Waals surface area contributed by atoms with Gasteiger partial charge in [0.2, 0.25) is 0 Å². The number of rotatable bonds is 6. The van der Waals surface area contributed by atoms with E-state index in [1.165, 1.54) is 11.8 Å². The minimum absolute atomic E-state index is 0.0297.